The lowest BCUT2D eigenvalue weighted by Gasteiger charge is -2.12. The molecule has 0 atom stereocenters. The molecule has 1 aromatic carbocycles. The fraction of sp³-hybridized carbons (Fsp3) is 0.357. The van der Waals surface area contributed by atoms with Gasteiger partial charge in [0.15, 0.2) is 5.78 Å². The zero-order valence-electron chi connectivity index (χ0n) is 9.53. The van der Waals surface area contributed by atoms with E-state index < -0.39 is 0 Å². The van der Waals surface area contributed by atoms with E-state index in [0.29, 0.717) is 6.42 Å². The quantitative estimate of drug-likeness (QED) is 0.723. The highest BCUT2D eigenvalue weighted by atomic mass is 16.5. The van der Waals surface area contributed by atoms with Gasteiger partial charge in [-0.05, 0) is 35.8 Å². The van der Waals surface area contributed by atoms with E-state index in [4.69, 9.17) is 4.74 Å². The van der Waals surface area contributed by atoms with Gasteiger partial charge in [0, 0.05) is 6.42 Å². The van der Waals surface area contributed by atoms with Gasteiger partial charge in [-0.1, -0.05) is 25.5 Å². The summed E-state index contributed by atoms with van der Waals surface area (Å²) in [7, 11) is 0. The van der Waals surface area contributed by atoms with Crippen molar-refractivity contribution >= 4 is 11.9 Å². The van der Waals surface area contributed by atoms with Gasteiger partial charge < -0.3 is 4.74 Å². The molecule has 0 N–H and O–H groups in total. The van der Waals surface area contributed by atoms with Crippen LogP contribution in [0.25, 0.3) is 6.08 Å². The molecule has 0 amide bonds. The van der Waals surface area contributed by atoms with Crippen molar-refractivity contribution in [3.05, 3.63) is 35.4 Å². The van der Waals surface area contributed by atoms with Crippen LogP contribution in [0.4, 0.5) is 0 Å². The van der Waals surface area contributed by atoms with Crippen LogP contribution in [-0.2, 0) is 11.2 Å². The molecule has 2 nitrogen and oxygen atoms in total. The molecule has 1 aliphatic carbocycles. The lowest BCUT2D eigenvalue weighted by atomic mass is 9.96. The summed E-state index contributed by atoms with van der Waals surface area (Å²) in [6, 6.07) is 5.96. The highest BCUT2D eigenvalue weighted by molar-refractivity contribution is 5.98. The maximum absolute atomic E-state index is 11.3. The van der Waals surface area contributed by atoms with Gasteiger partial charge in [-0.2, -0.15) is 0 Å². The Bertz CT molecular complexity index is 419. The normalized spacial score (nSPS) is 13.7. The molecular formula is C14H16O2. The van der Waals surface area contributed by atoms with Gasteiger partial charge in [0.1, 0.15) is 5.75 Å². The van der Waals surface area contributed by atoms with Gasteiger partial charge in [-0.3, -0.25) is 4.79 Å². The van der Waals surface area contributed by atoms with Crippen LogP contribution in [0, 0.1) is 0 Å². The van der Waals surface area contributed by atoms with E-state index in [9.17, 15) is 4.79 Å². The van der Waals surface area contributed by atoms with E-state index in [1.165, 1.54) is 0 Å². The monoisotopic (exact) mass is 216 g/mol. The van der Waals surface area contributed by atoms with Crippen molar-refractivity contribution in [2.45, 2.75) is 26.2 Å². The third kappa shape index (κ3) is 2.51. The Morgan fingerprint density at radius 1 is 1.31 bits per heavy atom. The Labute approximate surface area is 95.9 Å². The summed E-state index contributed by atoms with van der Waals surface area (Å²) < 4.78 is 5.61. The number of ketones is 1. The maximum Gasteiger partial charge on any atom is 0.160 e. The fourth-order valence-corrected chi connectivity index (χ4v) is 1.75. The van der Waals surface area contributed by atoms with Crippen molar-refractivity contribution in [2.75, 3.05) is 6.61 Å². The molecule has 0 spiro atoms. The first-order chi connectivity index (χ1) is 7.79. The molecule has 84 valence electrons. The van der Waals surface area contributed by atoms with Gasteiger partial charge in [-0.25, -0.2) is 0 Å². The molecule has 0 fully saturated rings. The molecule has 16 heavy (non-hydrogen) atoms. The van der Waals surface area contributed by atoms with Gasteiger partial charge >= 0.3 is 0 Å². The standard InChI is InChI=1S/C14H16O2/c1-2-3-8-16-14-7-5-11-4-6-13(15)9-12(11)10-14/h4-7,10H,2-3,8-9H2,1H3. The van der Waals surface area contributed by atoms with Gasteiger partial charge in [0.25, 0.3) is 0 Å². The van der Waals surface area contributed by atoms with Crippen LogP contribution >= 0.6 is 0 Å². The molecule has 0 heterocycles. The molecule has 0 aliphatic heterocycles. The number of carbonyl (C=O) groups is 1. The first kappa shape index (κ1) is 10.9. The lowest BCUT2D eigenvalue weighted by Crippen LogP contribution is -2.06. The van der Waals surface area contributed by atoms with Gasteiger partial charge in [0.05, 0.1) is 6.61 Å². The number of rotatable bonds is 4. The number of unbranched alkanes of at least 4 members (excludes halogenated alkanes) is 1. The molecule has 0 bridgehead atoms. The smallest absolute Gasteiger partial charge is 0.160 e. The van der Waals surface area contributed by atoms with Crippen molar-refractivity contribution in [3.63, 3.8) is 0 Å². The van der Waals surface area contributed by atoms with Crippen molar-refractivity contribution in [1.29, 1.82) is 0 Å². The van der Waals surface area contributed by atoms with Crippen molar-refractivity contribution in [2.24, 2.45) is 0 Å². The largest absolute Gasteiger partial charge is 0.494 e. The van der Waals surface area contributed by atoms with Crippen LogP contribution < -0.4 is 4.74 Å². The zero-order chi connectivity index (χ0) is 11.4. The van der Waals surface area contributed by atoms with E-state index in [-0.39, 0.29) is 5.78 Å². The third-order valence-corrected chi connectivity index (χ3v) is 2.69. The number of benzene rings is 1. The Balaban J connectivity index is 2.10. The highest BCUT2D eigenvalue weighted by Crippen LogP contribution is 2.23. The third-order valence-electron chi connectivity index (χ3n) is 2.69. The Morgan fingerprint density at radius 2 is 2.19 bits per heavy atom. The number of hydrogen-bond acceptors (Lipinski definition) is 2. The Morgan fingerprint density at radius 3 is 3.00 bits per heavy atom. The molecule has 2 rings (SSSR count). The average molecular weight is 216 g/mol. The number of fused-ring (bicyclic) bond motifs is 1. The number of ether oxygens (including phenoxy) is 1. The van der Waals surface area contributed by atoms with Crippen molar-refractivity contribution in [1.82, 2.24) is 0 Å². The van der Waals surface area contributed by atoms with Crippen molar-refractivity contribution < 1.29 is 9.53 Å². The first-order valence-electron chi connectivity index (χ1n) is 5.76. The number of carbonyl (C=O) groups excluding carboxylic acids is 1. The minimum atomic E-state index is 0.165. The second-order valence-corrected chi connectivity index (χ2v) is 4.04. The summed E-state index contributed by atoms with van der Waals surface area (Å²) >= 11 is 0. The number of allylic oxidation sites excluding steroid dienone is 1. The molecule has 0 radical (unpaired) electrons. The Hall–Kier alpha value is -1.57. The topological polar surface area (TPSA) is 26.3 Å². The average Bonchev–Trinajstić information content (AvgIpc) is 2.29. The van der Waals surface area contributed by atoms with Crippen LogP contribution in [0.3, 0.4) is 0 Å². The van der Waals surface area contributed by atoms with Crippen LogP contribution in [0.2, 0.25) is 0 Å². The predicted molar refractivity (Wildman–Crippen MR) is 64.6 cm³/mol. The minimum absolute atomic E-state index is 0.165. The lowest BCUT2D eigenvalue weighted by molar-refractivity contribution is -0.114. The summed E-state index contributed by atoms with van der Waals surface area (Å²) in [5.74, 6) is 1.04. The van der Waals surface area contributed by atoms with Gasteiger partial charge in [0.2, 0.25) is 0 Å². The highest BCUT2D eigenvalue weighted by Gasteiger charge is 2.10. The maximum atomic E-state index is 11.3. The summed E-state index contributed by atoms with van der Waals surface area (Å²) in [6.45, 7) is 2.89. The first-order valence-corrected chi connectivity index (χ1v) is 5.76. The van der Waals surface area contributed by atoms with Gasteiger partial charge in [-0.15, -0.1) is 0 Å². The second-order valence-electron chi connectivity index (χ2n) is 4.04. The van der Waals surface area contributed by atoms with Crippen LogP contribution in [0.5, 0.6) is 5.75 Å². The molecule has 0 aromatic heterocycles. The molecule has 1 aromatic rings. The van der Waals surface area contributed by atoms with E-state index in [1.54, 1.807) is 6.08 Å². The molecule has 0 saturated carbocycles. The van der Waals surface area contributed by atoms with E-state index in [0.717, 1.165) is 36.3 Å². The molecule has 0 saturated heterocycles. The summed E-state index contributed by atoms with van der Waals surface area (Å²) in [5.41, 5.74) is 2.20. The second kappa shape index (κ2) is 4.97. The van der Waals surface area contributed by atoms with Crippen LogP contribution in [-0.4, -0.2) is 12.4 Å². The van der Waals surface area contributed by atoms with Crippen LogP contribution in [0.1, 0.15) is 30.9 Å². The van der Waals surface area contributed by atoms with Crippen molar-refractivity contribution in [3.8, 4) is 5.75 Å². The van der Waals surface area contributed by atoms with E-state index in [2.05, 4.69) is 6.92 Å². The van der Waals surface area contributed by atoms with E-state index in [1.807, 2.05) is 24.3 Å². The fourth-order valence-electron chi connectivity index (χ4n) is 1.75. The molecule has 2 heteroatoms. The number of hydrogen-bond donors (Lipinski definition) is 0. The van der Waals surface area contributed by atoms with Crippen LogP contribution in [0.15, 0.2) is 24.3 Å². The summed E-state index contributed by atoms with van der Waals surface area (Å²) in [6.07, 6.45) is 6.20. The van der Waals surface area contributed by atoms with E-state index >= 15 is 0 Å². The summed E-state index contributed by atoms with van der Waals surface area (Å²) in [5, 5.41) is 0. The Kier molecular flexibility index (Phi) is 3.40. The predicted octanol–water partition coefficient (Wildman–Crippen LogP) is 3.00. The molecule has 1 aliphatic rings. The molecular weight excluding hydrogens is 200 g/mol. The SMILES string of the molecule is CCCCOc1ccc2c(c1)CC(=O)C=C2. The molecule has 0 unspecified atom stereocenters. The minimum Gasteiger partial charge on any atom is -0.494 e. The summed E-state index contributed by atoms with van der Waals surface area (Å²) in [4.78, 5) is 11.3. The zero-order valence-corrected chi connectivity index (χ0v) is 9.53.